The molecule has 5 heteroatoms. The van der Waals surface area contributed by atoms with Gasteiger partial charge in [0.1, 0.15) is 12.4 Å². The summed E-state index contributed by atoms with van der Waals surface area (Å²) >= 11 is 0. The lowest BCUT2D eigenvalue weighted by Gasteiger charge is -2.15. The first-order valence-corrected chi connectivity index (χ1v) is 5.94. The Hall–Kier alpha value is -0.980. The highest BCUT2D eigenvalue weighted by atomic mass is 127. The average molecular weight is 361 g/mol. The number of aliphatic imine (C=N–C) groups is 1. The number of likely N-dealkylation sites (N-methyl/N-ethyl adjacent to an activating group) is 1. The van der Waals surface area contributed by atoms with E-state index >= 15 is 0 Å². The number of nitrogens with one attached hydrogen (secondary N) is 1. The summed E-state index contributed by atoms with van der Waals surface area (Å²) in [5.41, 5.74) is 1.25. The summed E-state index contributed by atoms with van der Waals surface area (Å²) < 4.78 is 5.62. The molecule has 1 aromatic rings. The molecule has 0 spiro atoms. The Morgan fingerprint density at radius 2 is 2.06 bits per heavy atom. The zero-order valence-electron chi connectivity index (χ0n) is 10.8. The van der Waals surface area contributed by atoms with E-state index in [9.17, 15) is 0 Å². The number of hydrogen-bond donors (Lipinski definition) is 1. The zero-order valence-corrected chi connectivity index (χ0v) is 13.2. The fourth-order valence-corrected chi connectivity index (χ4v) is 1.69. The average Bonchev–Trinajstić information content (AvgIpc) is 2.73. The van der Waals surface area contributed by atoms with E-state index in [-0.39, 0.29) is 24.0 Å². The van der Waals surface area contributed by atoms with Crippen molar-refractivity contribution in [2.24, 2.45) is 4.99 Å². The van der Waals surface area contributed by atoms with Crippen molar-refractivity contribution in [2.75, 3.05) is 33.3 Å². The van der Waals surface area contributed by atoms with Gasteiger partial charge >= 0.3 is 0 Å². The molecule has 1 N–H and O–H groups in total. The molecule has 0 atom stereocenters. The minimum atomic E-state index is 0. The molecule has 18 heavy (non-hydrogen) atoms. The number of rotatable bonds is 4. The molecule has 0 radical (unpaired) electrons. The lowest BCUT2D eigenvalue weighted by Crippen LogP contribution is -2.37. The SMILES string of the molecule is Cc1ccc(OCCNC2=NCCN2C)cc1.I. The molecule has 1 heterocycles. The normalized spacial score (nSPS) is 13.9. The second-order valence-corrected chi connectivity index (χ2v) is 4.22. The van der Waals surface area contributed by atoms with Gasteiger partial charge in [-0.3, -0.25) is 4.99 Å². The first-order chi connectivity index (χ1) is 8.25. The van der Waals surface area contributed by atoms with Crippen LogP contribution in [0.1, 0.15) is 5.56 Å². The minimum absolute atomic E-state index is 0. The summed E-state index contributed by atoms with van der Waals surface area (Å²) in [5.74, 6) is 1.89. The maximum Gasteiger partial charge on any atom is 0.193 e. The van der Waals surface area contributed by atoms with Crippen molar-refractivity contribution >= 4 is 29.9 Å². The second kappa shape index (κ2) is 7.45. The predicted molar refractivity (Wildman–Crippen MR) is 85.0 cm³/mol. The number of halogens is 1. The molecule has 0 amide bonds. The van der Waals surface area contributed by atoms with Crippen molar-refractivity contribution in [1.29, 1.82) is 0 Å². The Labute approximate surface area is 125 Å². The highest BCUT2D eigenvalue weighted by Crippen LogP contribution is 2.10. The zero-order chi connectivity index (χ0) is 12.1. The van der Waals surface area contributed by atoms with Crippen LogP contribution < -0.4 is 10.1 Å². The van der Waals surface area contributed by atoms with Crippen LogP contribution in [0.5, 0.6) is 5.75 Å². The Morgan fingerprint density at radius 1 is 1.33 bits per heavy atom. The highest BCUT2D eigenvalue weighted by Gasteiger charge is 2.10. The van der Waals surface area contributed by atoms with Crippen molar-refractivity contribution < 1.29 is 4.74 Å². The van der Waals surface area contributed by atoms with Gasteiger partial charge in [-0.1, -0.05) is 17.7 Å². The third-order valence-electron chi connectivity index (χ3n) is 2.73. The van der Waals surface area contributed by atoms with E-state index in [0.717, 1.165) is 31.3 Å². The van der Waals surface area contributed by atoms with Crippen molar-refractivity contribution in [2.45, 2.75) is 6.92 Å². The van der Waals surface area contributed by atoms with Gasteiger partial charge in [0.05, 0.1) is 13.1 Å². The van der Waals surface area contributed by atoms with Crippen molar-refractivity contribution in [3.63, 3.8) is 0 Å². The second-order valence-electron chi connectivity index (χ2n) is 4.22. The fraction of sp³-hybridized carbons (Fsp3) is 0.462. The first kappa shape index (κ1) is 15.1. The van der Waals surface area contributed by atoms with E-state index in [2.05, 4.69) is 34.3 Å². The van der Waals surface area contributed by atoms with Crippen LogP contribution in [0, 0.1) is 6.92 Å². The van der Waals surface area contributed by atoms with Crippen LogP contribution in [0.25, 0.3) is 0 Å². The maximum atomic E-state index is 5.62. The standard InChI is InChI=1S/C13H19N3O.HI/c1-11-3-5-12(6-4-11)17-10-8-15-13-14-7-9-16(13)2;/h3-6H,7-10H2,1-2H3,(H,14,15);1H. The van der Waals surface area contributed by atoms with E-state index in [1.165, 1.54) is 5.56 Å². The third-order valence-corrected chi connectivity index (χ3v) is 2.73. The summed E-state index contributed by atoms with van der Waals surface area (Å²) in [6.45, 7) is 5.38. The smallest absolute Gasteiger partial charge is 0.193 e. The van der Waals surface area contributed by atoms with Gasteiger partial charge in [-0.15, -0.1) is 24.0 Å². The van der Waals surface area contributed by atoms with E-state index in [4.69, 9.17) is 4.74 Å². The molecular weight excluding hydrogens is 341 g/mol. The molecule has 100 valence electrons. The lowest BCUT2D eigenvalue weighted by molar-refractivity contribution is 0.320. The van der Waals surface area contributed by atoms with Gasteiger partial charge in [-0.25, -0.2) is 0 Å². The van der Waals surface area contributed by atoms with Crippen molar-refractivity contribution in [1.82, 2.24) is 10.2 Å². The Balaban J connectivity index is 0.00000162. The molecule has 0 saturated heterocycles. The molecule has 0 saturated carbocycles. The Morgan fingerprint density at radius 3 is 2.67 bits per heavy atom. The Bertz CT molecular complexity index is 392. The molecule has 0 aromatic heterocycles. The maximum absolute atomic E-state index is 5.62. The number of ether oxygens (including phenoxy) is 1. The monoisotopic (exact) mass is 361 g/mol. The molecule has 1 aliphatic rings. The van der Waals surface area contributed by atoms with Gasteiger partial charge in [0.15, 0.2) is 5.96 Å². The van der Waals surface area contributed by atoms with Gasteiger partial charge in [-0.2, -0.15) is 0 Å². The summed E-state index contributed by atoms with van der Waals surface area (Å²) in [6.07, 6.45) is 0. The number of nitrogens with zero attached hydrogens (tertiary/aromatic N) is 2. The topological polar surface area (TPSA) is 36.9 Å². The van der Waals surface area contributed by atoms with Gasteiger partial charge in [0.25, 0.3) is 0 Å². The van der Waals surface area contributed by atoms with Gasteiger partial charge in [-0.05, 0) is 19.1 Å². The predicted octanol–water partition coefficient (Wildman–Crippen LogP) is 1.88. The van der Waals surface area contributed by atoms with Gasteiger partial charge < -0.3 is 15.0 Å². The summed E-state index contributed by atoms with van der Waals surface area (Å²) in [7, 11) is 2.04. The number of benzene rings is 1. The number of guanidine groups is 1. The molecule has 1 aliphatic heterocycles. The highest BCUT2D eigenvalue weighted by molar-refractivity contribution is 14.0. The summed E-state index contributed by atoms with van der Waals surface area (Å²) in [6, 6.07) is 8.10. The van der Waals surface area contributed by atoms with Crippen molar-refractivity contribution in [3.05, 3.63) is 29.8 Å². The molecule has 0 bridgehead atoms. The largest absolute Gasteiger partial charge is 0.492 e. The molecule has 1 aromatic carbocycles. The Kier molecular flexibility index (Phi) is 6.24. The lowest BCUT2D eigenvalue weighted by atomic mass is 10.2. The van der Waals surface area contributed by atoms with Crippen LogP contribution in [-0.2, 0) is 0 Å². The minimum Gasteiger partial charge on any atom is -0.492 e. The molecule has 0 aliphatic carbocycles. The van der Waals surface area contributed by atoms with Crippen molar-refractivity contribution in [3.8, 4) is 5.75 Å². The molecule has 2 rings (SSSR count). The van der Waals surface area contributed by atoms with Gasteiger partial charge in [0, 0.05) is 13.6 Å². The first-order valence-electron chi connectivity index (χ1n) is 5.94. The van der Waals surface area contributed by atoms with Crippen LogP contribution in [0.2, 0.25) is 0 Å². The fourth-order valence-electron chi connectivity index (χ4n) is 1.69. The molecule has 0 fully saturated rings. The summed E-state index contributed by atoms with van der Waals surface area (Å²) in [4.78, 5) is 6.47. The van der Waals surface area contributed by atoms with Crippen LogP contribution >= 0.6 is 24.0 Å². The quantitative estimate of drug-likeness (QED) is 0.657. The van der Waals surface area contributed by atoms with Crippen LogP contribution in [-0.4, -0.2) is 44.1 Å². The third kappa shape index (κ3) is 4.36. The van der Waals surface area contributed by atoms with E-state index in [1.54, 1.807) is 0 Å². The number of hydrogen-bond acceptors (Lipinski definition) is 4. The van der Waals surface area contributed by atoms with Gasteiger partial charge in [0.2, 0.25) is 0 Å². The van der Waals surface area contributed by atoms with E-state index < -0.39 is 0 Å². The summed E-state index contributed by atoms with van der Waals surface area (Å²) in [5, 5.41) is 3.26. The molecular formula is C13H20IN3O. The van der Waals surface area contributed by atoms with E-state index in [1.807, 2.05) is 19.2 Å². The number of aryl methyl sites for hydroxylation is 1. The molecule has 4 nitrogen and oxygen atoms in total. The van der Waals surface area contributed by atoms with Crippen LogP contribution in [0.15, 0.2) is 29.3 Å². The van der Waals surface area contributed by atoms with E-state index in [0.29, 0.717) is 6.61 Å². The molecule has 0 unspecified atom stereocenters. The van der Waals surface area contributed by atoms with Crippen LogP contribution in [0.4, 0.5) is 0 Å². The van der Waals surface area contributed by atoms with Crippen LogP contribution in [0.3, 0.4) is 0 Å².